The summed E-state index contributed by atoms with van der Waals surface area (Å²) in [4.78, 5) is 7.84. The maximum atomic E-state index is 2.70. The molecule has 0 fully saturated rings. The second-order valence-electron chi connectivity index (χ2n) is 27.9. The molecule has 2 aliphatic carbocycles. The normalized spacial score (nSPS) is 17.8. The minimum absolute atomic E-state index is 0.0116. The van der Waals surface area contributed by atoms with Gasteiger partial charge < -0.3 is 14.7 Å². The smallest absolute Gasteiger partial charge is 0.252 e. The molecule has 0 saturated carbocycles. The molecule has 0 spiro atoms. The number of para-hydroxylation sites is 2. The van der Waals surface area contributed by atoms with E-state index in [-0.39, 0.29) is 44.6 Å². The number of hydrogen-bond acceptors (Lipinski definition) is 3. The maximum Gasteiger partial charge on any atom is 0.252 e. The van der Waals surface area contributed by atoms with Crippen LogP contribution in [0.4, 0.5) is 51.2 Å². The molecule has 11 rings (SSSR count). The molecule has 4 aliphatic rings. The topological polar surface area (TPSA) is 9.72 Å². The van der Waals surface area contributed by atoms with Crippen LogP contribution in [0.1, 0.15) is 169 Å². The van der Waals surface area contributed by atoms with Gasteiger partial charge in [-0.3, -0.25) is 0 Å². The van der Waals surface area contributed by atoms with Crippen molar-refractivity contribution in [1.29, 1.82) is 0 Å². The summed E-state index contributed by atoms with van der Waals surface area (Å²) in [7, 11) is 0. The van der Waals surface area contributed by atoms with E-state index in [4.69, 9.17) is 0 Å². The molecule has 0 aromatic heterocycles. The Labute approximate surface area is 433 Å². The van der Waals surface area contributed by atoms with E-state index in [2.05, 4.69) is 272 Å². The van der Waals surface area contributed by atoms with Gasteiger partial charge >= 0.3 is 0 Å². The lowest BCUT2D eigenvalue weighted by Gasteiger charge is -2.46. The van der Waals surface area contributed by atoms with Gasteiger partial charge in [0.25, 0.3) is 6.71 Å². The first-order chi connectivity index (χ1) is 33.5. The SMILES string of the molecule is CC(C)(C)c1cc(N2c3ccc(C(C)(C)C)cc3B3c4cc5c(cc4N(c4ccc6c(c4)C(C)(C)CC6(C)C)c4cc(N(c6ccccc6)c6ccccc6)cc2c43)C(C)(C)CC5(C)C)cc(C(C)(C)C)c1. The lowest BCUT2D eigenvalue weighted by molar-refractivity contribution is 0.403. The minimum Gasteiger partial charge on any atom is -0.311 e. The Hall–Kier alpha value is -6.00. The Morgan fingerprint density at radius 1 is 0.375 bits per heavy atom. The summed E-state index contributed by atoms with van der Waals surface area (Å²) < 4.78 is 0. The molecule has 72 heavy (non-hydrogen) atoms. The van der Waals surface area contributed by atoms with Crippen LogP contribution in [0.2, 0.25) is 0 Å². The monoisotopic (exact) mass is 948 g/mol. The Balaban J connectivity index is 1.33. The average Bonchev–Trinajstić information content (AvgIpc) is 3.61. The Morgan fingerprint density at radius 3 is 1.35 bits per heavy atom. The number of hydrogen-bond donors (Lipinski definition) is 0. The van der Waals surface area contributed by atoms with Crippen molar-refractivity contribution < 1.29 is 0 Å². The average molecular weight is 948 g/mol. The van der Waals surface area contributed by atoms with Crippen LogP contribution in [0.5, 0.6) is 0 Å². The lowest BCUT2D eigenvalue weighted by Crippen LogP contribution is -2.61. The second-order valence-corrected chi connectivity index (χ2v) is 27.9. The number of fused-ring (bicyclic) bond motifs is 6. The molecule has 0 radical (unpaired) electrons. The highest BCUT2D eigenvalue weighted by atomic mass is 15.2. The number of benzene rings is 7. The third-order valence-corrected chi connectivity index (χ3v) is 17.2. The van der Waals surface area contributed by atoms with E-state index < -0.39 is 0 Å². The van der Waals surface area contributed by atoms with E-state index in [1.165, 1.54) is 89.5 Å². The van der Waals surface area contributed by atoms with Gasteiger partial charge in [-0.25, -0.2) is 0 Å². The van der Waals surface area contributed by atoms with E-state index in [1.807, 2.05) is 0 Å². The third-order valence-electron chi connectivity index (χ3n) is 17.2. The second kappa shape index (κ2) is 15.8. The first-order valence-corrected chi connectivity index (χ1v) is 26.9. The fourth-order valence-corrected chi connectivity index (χ4v) is 13.9. The van der Waals surface area contributed by atoms with Crippen molar-refractivity contribution in [2.45, 2.75) is 168 Å². The zero-order valence-electron chi connectivity index (χ0n) is 46.6. The van der Waals surface area contributed by atoms with Crippen molar-refractivity contribution in [2.75, 3.05) is 14.7 Å². The minimum atomic E-state index is -0.0709. The summed E-state index contributed by atoms with van der Waals surface area (Å²) in [6.07, 6.45) is 2.23. The van der Waals surface area contributed by atoms with Gasteiger partial charge in [-0.15, -0.1) is 0 Å². The fraction of sp³-hybridized carbons (Fsp3) is 0.382. The van der Waals surface area contributed by atoms with Crippen LogP contribution < -0.4 is 31.1 Å². The zero-order valence-corrected chi connectivity index (χ0v) is 46.6. The summed E-state index contributed by atoms with van der Waals surface area (Å²) in [6.45, 7) is 41.0. The van der Waals surface area contributed by atoms with Crippen LogP contribution in [-0.4, -0.2) is 6.71 Å². The van der Waals surface area contributed by atoms with E-state index >= 15 is 0 Å². The van der Waals surface area contributed by atoms with Gasteiger partial charge in [0, 0.05) is 45.5 Å². The molecular formula is C68H78BN3. The molecule has 0 amide bonds. The van der Waals surface area contributed by atoms with Crippen molar-refractivity contribution in [3.8, 4) is 0 Å². The van der Waals surface area contributed by atoms with Crippen LogP contribution in [0.3, 0.4) is 0 Å². The Bertz CT molecular complexity index is 3240. The maximum absolute atomic E-state index is 2.70. The number of rotatable bonds is 5. The van der Waals surface area contributed by atoms with E-state index in [0.717, 1.165) is 29.9 Å². The van der Waals surface area contributed by atoms with E-state index in [0.29, 0.717) is 0 Å². The largest absolute Gasteiger partial charge is 0.311 e. The molecule has 7 aromatic rings. The molecule has 0 atom stereocenters. The molecule has 4 heteroatoms. The number of nitrogens with zero attached hydrogens (tertiary/aromatic N) is 3. The molecular weight excluding hydrogens is 870 g/mol. The first kappa shape index (κ1) is 48.3. The molecule has 7 aromatic carbocycles. The van der Waals surface area contributed by atoms with Gasteiger partial charge in [-0.2, -0.15) is 0 Å². The molecule has 2 heterocycles. The summed E-state index contributed by atoms with van der Waals surface area (Å²) >= 11 is 0. The van der Waals surface area contributed by atoms with E-state index in [9.17, 15) is 0 Å². The van der Waals surface area contributed by atoms with Crippen molar-refractivity contribution in [3.63, 3.8) is 0 Å². The summed E-state index contributed by atoms with van der Waals surface area (Å²) in [5.41, 5.74) is 24.9. The third kappa shape index (κ3) is 7.67. The summed E-state index contributed by atoms with van der Waals surface area (Å²) in [5, 5.41) is 0. The molecule has 2 aliphatic heterocycles. The quantitative estimate of drug-likeness (QED) is 0.159. The predicted molar refractivity (Wildman–Crippen MR) is 313 cm³/mol. The lowest BCUT2D eigenvalue weighted by atomic mass is 9.33. The van der Waals surface area contributed by atoms with Crippen LogP contribution in [0.25, 0.3) is 0 Å². The van der Waals surface area contributed by atoms with Crippen LogP contribution >= 0.6 is 0 Å². The molecule has 368 valence electrons. The van der Waals surface area contributed by atoms with Crippen LogP contribution in [-0.2, 0) is 37.9 Å². The summed E-state index contributed by atoms with van der Waals surface area (Å²) in [5.74, 6) is 0. The Kier molecular flexibility index (Phi) is 10.6. The van der Waals surface area contributed by atoms with Crippen molar-refractivity contribution in [3.05, 3.63) is 178 Å². The predicted octanol–water partition coefficient (Wildman–Crippen LogP) is 17.0. The van der Waals surface area contributed by atoms with E-state index in [1.54, 1.807) is 0 Å². The standard InChI is InChI=1S/C68H78BN3/c1-62(2,3)43-28-31-57-55(35-43)69-56-39-53-54(68(16,17)42-67(53,14)15)40-58(56)71(48-29-30-51-52(36-48)66(12,13)41-65(51,10)11)59-37-50(70(46-24-20-18-21-25-46)47-26-22-19-23-27-47)38-60(61(59)69)72(57)49-33-44(63(4,5)6)32-45(34-49)64(7,8)9/h18-40H,41-42H2,1-17H3. The van der Waals surface area contributed by atoms with Gasteiger partial charge in [-0.1, -0.05) is 184 Å². The molecule has 0 N–H and O–H groups in total. The van der Waals surface area contributed by atoms with Crippen LogP contribution in [0, 0.1) is 0 Å². The van der Waals surface area contributed by atoms with Crippen LogP contribution in [0.15, 0.2) is 140 Å². The van der Waals surface area contributed by atoms with Gasteiger partial charge in [0.05, 0.1) is 5.69 Å². The van der Waals surface area contributed by atoms with Gasteiger partial charge in [0.1, 0.15) is 0 Å². The Morgan fingerprint density at radius 2 is 0.833 bits per heavy atom. The van der Waals surface area contributed by atoms with Gasteiger partial charge in [0.15, 0.2) is 0 Å². The highest BCUT2D eigenvalue weighted by Gasteiger charge is 2.50. The molecule has 0 unspecified atom stereocenters. The highest BCUT2D eigenvalue weighted by Crippen LogP contribution is 2.56. The highest BCUT2D eigenvalue weighted by molar-refractivity contribution is 7.00. The summed E-state index contributed by atoms with van der Waals surface area (Å²) in [6, 6.07) is 54.8. The van der Waals surface area contributed by atoms with Crippen molar-refractivity contribution >= 4 is 74.3 Å². The molecule has 3 nitrogen and oxygen atoms in total. The van der Waals surface area contributed by atoms with Crippen molar-refractivity contribution in [1.82, 2.24) is 0 Å². The fourth-order valence-electron chi connectivity index (χ4n) is 13.9. The first-order valence-electron chi connectivity index (χ1n) is 26.9. The van der Waals surface area contributed by atoms with Gasteiger partial charge in [-0.05, 0) is 179 Å². The molecule has 0 bridgehead atoms. The zero-order chi connectivity index (χ0) is 51.5. The van der Waals surface area contributed by atoms with Gasteiger partial charge in [0.2, 0.25) is 0 Å². The van der Waals surface area contributed by atoms with Crippen molar-refractivity contribution in [2.24, 2.45) is 0 Å². The number of anilines is 9. The molecule has 0 saturated heterocycles.